The van der Waals surface area contributed by atoms with Crippen molar-refractivity contribution in [2.24, 2.45) is 0 Å². The smallest absolute Gasteiger partial charge is 0.326 e. The number of carboxylic acids is 1. The molecular formula is C13H22N2O3. The third-order valence-corrected chi connectivity index (χ3v) is 3.37. The molecule has 0 saturated heterocycles. The van der Waals surface area contributed by atoms with Crippen molar-refractivity contribution in [2.45, 2.75) is 45.1 Å². The lowest BCUT2D eigenvalue weighted by molar-refractivity contribution is -0.141. The van der Waals surface area contributed by atoms with Crippen LogP contribution in [0.2, 0.25) is 0 Å². The number of hydrogen-bond acceptors (Lipinski definition) is 2. The summed E-state index contributed by atoms with van der Waals surface area (Å²) in [5.41, 5.74) is 1.40. The quantitative estimate of drug-likeness (QED) is 0.737. The van der Waals surface area contributed by atoms with E-state index in [0.29, 0.717) is 6.54 Å². The fraction of sp³-hybridized carbons (Fsp3) is 0.692. The van der Waals surface area contributed by atoms with Gasteiger partial charge in [-0.15, -0.1) is 0 Å². The molecule has 1 aliphatic carbocycles. The summed E-state index contributed by atoms with van der Waals surface area (Å²) in [6.45, 7) is 2.06. The molecule has 1 unspecified atom stereocenters. The van der Waals surface area contributed by atoms with Gasteiger partial charge in [-0.25, -0.2) is 9.59 Å². The van der Waals surface area contributed by atoms with E-state index in [9.17, 15) is 9.59 Å². The Balaban J connectivity index is 2.28. The van der Waals surface area contributed by atoms with E-state index >= 15 is 0 Å². The van der Waals surface area contributed by atoms with Gasteiger partial charge in [0.15, 0.2) is 0 Å². The molecule has 2 amide bonds. The van der Waals surface area contributed by atoms with Crippen LogP contribution in [-0.4, -0.2) is 41.6 Å². The molecule has 0 aromatic heterocycles. The minimum atomic E-state index is -0.998. The van der Waals surface area contributed by atoms with Crippen molar-refractivity contribution in [1.29, 1.82) is 0 Å². The van der Waals surface area contributed by atoms with Crippen molar-refractivity contribution in [1.82, 2.24) is 10.2 Å². The van der Waals surface area contributed by atoms with E-state index in [1.807, 2.05) is 0 Å². The molecule has 0 bridgehead atoms. The number of nitrogens with zero attached hydrogens (tertiary/aromatic N) is 1. The average molecular weight is 254 g/mol. The molecule has 1 aliphatic rings. The van der Waals surface area contributed by atoms with E-state index in [2.05, 4.69) is 11.4 Å². The molecule has 1 atom stereocenters. The Morgan fingerprint density at radius 3 is 2.78 bits per heavy atom. The van der Waals surface area contributed by atoms with Crippen LogP contribution in [0.3, 0.4) is 0 Å². The van der Waals surface area contributed by atoms with Crippen molar-refractivity contribution < 1.29 is 14.7 Å². The lowest BCUT2D eigenvalue weighted by Crippen LogP contribution is -2.46. The number of carbonyl (C=O) groups excluding carboxylic acids is 1. The van der Waals surface area contributed by atoms with Crippen LogP contribution in [-0.2, 0) is 4.79 Å². The Kier molecular flexibility index (Phi) is 5.68. The topological polar surface area (TPSA) is 69.6 Å². The van der Waals surface area contributed by atoms with Crippen molar-refractivity contribution in [3.05, 3.63) is 11.6 Å². The van der Waals surface area contributed by atoms with Crippen molar-refractivity contribution in [3.63, 3.8) is 0 Å². The molecule has 102 valence electrons. The van der Waals surface area contributed by atoms with Crippen LogP contribution >= 0.6 is 0 Å². The Hall–Kier alpha value is -1.52. The molecule has 0 spiro atoms. The van der Waals surface area contributed by atoms with E-state index in [4.69, 9.17) is 5.11 Å². The number of rotatable bonds is 5. The second-order valence-corrected chi connectivity index (χ2v) is 4.72. The first-order valence-electron chi connectivity index (χ1n) is 6.43. The number of amides is 2. The number of carbonyl (C=O) groups is 2. The fourth-order valence-electron chi connectivity index (χ4n) is 1.93. The third kappa shape index (κ3) is 4.39. The summed E-state index contributed by atoms with van der Waals surface area (Å²) in [7, 11) is 1.49. The summed E-state index contributed by atoms with van der Waals surface area (Å²) in [6.07, 6.45) is 7.86. The highest BCUT2D eigenvalue weighted by atomic mass is 16.4. The number of likely N-dealkylation sites (N-methyl/N-ethyl adjacent to an activating group) is 1. The van der Waals surface area contributed by atoms with Gasteiger partial charge in [0.05, 0.1) is 0 Å². The van der Waals surface area contributed by atoms with Crippen LogP contribution in [0, 0.1) is 0 Å². The average Bonchev–Trinajstić information content (AvgIpc) is 2.38. The SMILES string of the molecule is CC(C(=O)O)N(C)C(=O)NCCC1=CCCCC1. The minimum Gasteiger partial charge on any atom is -0.480 e. The number of aliphatic carboxylic acids is 1. The minimum absolute atomic E-state index is 0.332. The van der Waals surface area contributed by atoms with Crippen LogP contribution in [0.5, 0.6) is 0 Å². The van der Waals surface area contributed by atoms with Gasteiger partial charge in [-0.2, -0.15) is 0 Å². The van der Waals surface area contributed by atoms with Crippen molar-refractivity contribution >= 4 is 12.0 Å². The Morgan fingerprint density at radius 1 is 1.50 bits per heavy atom. The summed E-state index contributed by atoms with van der Waals surface area (Å²) in [6, 6.07) is -1.14. The maximum absolute atomic E-state index is 11.7. The van der Waals surface area contributed by atoms with Crippen LogP contribution in [0.25, 0.3) is 0 Å². The number of carboxylic acid groups (broad SMARTS) is 1. The second kappa shape index (κ2) is 7.03. The first kappa shape index (κ1) is 14.5. The second-order valence-electron chi connectivity index (χ2n) is 4.72. The van der Waals surface area contributed by atoms with Gasteiger partial charge in [-0.3, -0.25) is 0 Å². The molecule has 0 radical (unpaired) electrons. The normalized spacial score (nSPS) is 16.7. The summed E-state index contributed by atoms with van der Waals surface area (Å²) in [5, 5.41) is 11.5. The molecule has 0 fully saturated rings. The van der Waals surface area contributed by atoms with Gasteiger partial charge >= 0.3 is 12.0 Å². The summed E-state index contributed by atoms with van der Waals surface area (Å²) in [4.78, 5) is 23.6. The van der Waals surface area contributed by atoms with Crippen LogP contribution in [0.1, 0.15) is 39.0 Å². The zero-order valence-electron chi connectivity index (χ0n) is 11.1. The van der Waals surface area contributed by atoms with Crippen LogP contribution < -0.4 is 5.32 Å². The molecule has 5 heteroatoms. The molecule has 0 aromatic rings. The number of nitrogens with one attached hydrogen (secondary N) is 1. The highest BCUT2D eigenvalue weighted by Crippen LogP contribution is 2.19. The van der Waals surface area contributed by atoms with Crippen LogP contribution in [0.4, 0.5) is 4.79 Å². The molecule has 2 N–H and O–H groups in total. The van der Waals surface area contributed by atoms with Gasteiger partial charge in [0.2, 0.25) is 0 Å². The monoisotopic (exact) mass is 254 g/mol. The number of allylic oxidation sites excluding steroid dienone is 1. The highest BCUT2D eigenvalue weighted by Gasteiger charge is 2.21. The highest BCUT2D eigenvalue weighted by molar-refractivity contribution is 5.82. The molecule has 0 aliphatic heterocycles. The number of urea groups is 1. The lowest BCUT2D eigenvalue weighted by Gasteiger charge is -2.22. The predicted molar refractivity (Wildman–Crippen MR) is 69.4 cm³/mol. The van der Waals surface area contributed by atoms with Gasteiger partial charge in [-0.05, 0) is 39.0 Å². The molecule has 18 heavy (non-hydrogen) atoms. The predicted octanol–water partition coefficient (Wildman–Crippen LogP) is 1.99. The van der Waals surface area contributed by atoms with E-state index in [1.54, 1.807) is 0 Å². The Morgan fingerprint density at radius 2 is 2.22 bits per heavy atom. The maximum atomic E-state index is 11.7. The zero-order chi connectivity index (χ0) is 13.5. The molecule has 0 saturated carbocycles. The molecular weight excluding hydrogens is 232 g/mol. The van der Waals surface area contributed by atoms with Gasteiger partial charge < -0.3 is 15.3 Å². The van der Waals surface area contributed by atoms with Crippen molar-refractivity contribution in [3.8, 4) is 0 Å². The standard InChI is InChI=1S/C13H22N2O3/c1-10(12(16)17)15(2)13(18)14-9-8-11-6-4-3-5-7-11/h6,10H,3-5,7-9H2,1-2H3,(H,14,18)(H,16,17). The van der Waals surface area contributed by atoms with Gasteiger partial charge in [0.25, 0.3) is 0 Å². The first-order valence-corrected chi connectivity index (χ1v) is 6.43. The first-order chi connectivity index (χ1) is 8.52. The fourth-order valence-corrected chi connectivity index (χ4v) is 1.93. The molecule has 5 nitrogen and oxygen atoms in total. The maximum Gasteiger partial charge on any atom is 0.326 e. The zero-order valence-corrected chi connectivity index (χ0v) is 11.1. The van der Waals surface area contributed by atoms with Gasteiger partial charge in [0, 0.05) is 13.6 Å². The lowest BCUT2D eigenvalue weighted by atomic mass is 9.97. The van der Waals surface area contributed by atoms with E-state index < -0.39 is 12.0 Å². The van der Waals surface area contributed by atoms with E-state index in [-0.39, 0.29) is 6.03 Å². The Bertz CT molecular complexity index is 339. The molecule has 0 heterocycles. The summed E-state index contributed by atoms with van der Waals surface area (Å²) < 4.78 is 0. The van der Waals surface area contributed by atoms with Gasteiger partial charge in [0.1, 0.15) is 6.04 Å². The molecule has 1 rings (SSSR count). The van der Waals surface area contributed by atoms with Crippen LogP contribution in [0.15, 0.2) is 11.6 Å². The molecule has 0 aromatic carbocycles. The summed E-state index contributed by atoms with van der Waals surface area (Å²) >= 11 is 0. The van der Waals surface area contributed by atoms with Crippen molar-refractivity contribution in [2.75, 3.05) is 13.6 Å². The van der Waals surface area contributed by atoms with E-state index in [0.717, 1.165) is 19.3 Å². The van der Waals surface area contributed by atoms with Gasteiger partial charge in [-0.1, -0.05) is 11.6 Å². The Labute approximate surface area is 108 Å². The summed E-state index contributed by atoms with van der Waals surface area (Å²) in [5.74, 6) is -0.998. The van der Waals surface area contributed by atoms with E-state index in [1.165, 1.54) is 37.3 Å². The third-order valence-electron chi connectivity index (χ3n) is 3.37. The number of hydrogen-bond donors (Lipinski definition) is 2. The largest absolute Gasteiger partial charge is 0.480 e.